The Morgan fingerprint density at radius 3 is 2.45 bits per heavy atom. The molecule has 16 heteroatoms. The van der Waals surface area contributed by atoms with E-state index >= 15 is 0 Å². The highest BCUT2D eigenvalue weighted by molar-refractivity contribution is 7.91. The molecule has 4 aliphatic heterocycles. The van der Waals surface area contributed by atoms with Crippen molar-refractivity contribution in [2.75, 3.05) is 32.7 Å². The highest BCUT2D eigenvalue weighted by atomic mass is 32.2. The molecule has 2 saturated carbocycles. The zero-order chi connectivity index (χ0) is 41.2. The summed E-state index contributed by atoms with van der Waals surface area (Å²) in [4.78, 5) is 75.6. The number of likely N-dealkylation sites (tertiary alicyclic amines) is 1. The van der Waals surface area contributed by atoms with Gasteiger partial charge in [-0.25, -0.2) is 18.0 Å². The third-order valence-corrected chi connectivity index (χ3v) is 14.1. The largest absolute Gasteiger partial charge is 0.444 e. The van der Waals surface area contributed by atoms with Crippen molar-refractivity contribution in [3.8, 4) is 0 Å². The first-order chi connectivity index (χ1) is 27.6. The molecule has 318 valence electrons. The molecule has 1 unspecified atom stereocenters. The molecule has 1 aromatic rings. The van der Waals surface area contributed by atoms with Crippen LogP contribution in [0.25, 0.3) is 0 Å². The van der Waals surface area contributed by atoms with E-state index in [-0.39, 0.29) is 31.8 Å². The van der Waals surface area contributed by atoms with E-state index < -0.39 is 80.4 Å². The van der Waals surface area contributed by atoms with Crippen LogP contribution in [0.3, 0.4) is 0 Å². The van der Waals surface area contributed by atoms with Gasteiger partial charge in [0.25, 0.3) is 5.91 Å². The van der Waals surface area contributed by atoms with Gasteiger partial charge in [-0.05, 0) is 103 Å². The van der Waals surface area contributed by atoms with Gasteiger partial charge >= 0.3 is 12.2 Å². The van der Waals surface area contributed by atoms with E-state index in [0.29, 0.717) is 45.2 Å². The zero-order valence-corrected chi connectivity index (χ0v) is 34.9. The van der Waals surface area contributed by atoms with Gasteiger partial charge in [0.05, 0.1) is 17.8 Å². The van der Waals surface area contributed by atoms with Gasteiger partial charge in [0.15, 0.2) is 0 Å². The van der Waals surface area contributed by atoms with Gasteiger partial charge in [-0.2, -0.15) is 0 Å². The number of ether oxygens (including phenoxy) is 2. The maximum absolute atomic E-state index is 14.6. The van der Waals surface area contributed by atoms with Crippen molar-refractivity contribution in [3.63, 3.8) is 0 Å². The molecule has 2 aliphatic carbocycles. The Labute approximate surface area is 342 Å². The molecule has 1 aromatic carbocycles. The summed E-state index contributed by atoms with van der Waals surface area (Å²) < 4.78 is 39.7. The highest BCUT2D eigenvalue weighted by Crippen LogP contribution is 2.46. The zero-order valence-electron chi connectivity index (χ0n) is 34.1. The van der Waals surface area contributed by atoms with Crippen LogP contribution < -0.4 is 15.4 Å². The van der Waals surface area contributed by atoms with Gasteiger partial charge in [0.1, 0.15) is 29.3 Å². The van der Waals surface area contributed by atoms with E-state index in [1.54, 1.807) is 25.7 Å². The lowest BCUT2D eigenvalue weighted by atomic mass is 9.92. The number of allylic oxidation sites excluding steroid dienone is 1. The normalized spacial score (nSPS) is 30.3. The smallest absolute Gasteiger partial charge is 0.410 e. The van der Waals surface area contributed by atoms with E-state index in [4.69, 9.17) is 9.47 Å². The first kappa shape index (κ1) is 42.0. The Balaban J connectivity index is 1.15. The number of hydrogen-bond donors (Lipinski definition) is 3. The van der Waals surface area contributed by atoms with Crippen LogP contribution in [0.4, 0.5) is 9.59 Å². The summed E-state index contributed by atoms with van der Waals surface area (Å²) in [6.45, 7) is 8.09. The van der Waals surface area contributed by atoms with Crippen LogP contribution in [-0.4, -0.2) is 120 Å². The van der Waals surface area contributed by atoms with Crippen molar-refractivity contribution in [3.05, 3.63) is 47.5 Å². The quantitative estimate of drug-likeness (QED) is 0.339. The fraction of sp³-hybridized carbons (Fsp3) is 0.690. The van der Waals surface area contributed by atoms with E-state index in [9.17, 15) is 32.4 Å². The number of carbonyl (C=O) groups is 5. The number of amides is 5. The molecule has 2 saturated heterocycles. The highest BCUT2D eigenvalue weighted by Gasteiger charge is 2.62. The second kappa shape index (κ2) is 17.2. The number of hydrogen-bond acceptors (Lipinski definition) is 10. The minimum Gasteiger partial charge on any atom is -0.444 e. The Bertz CT molecular complexity index is 1870. The lowest BCUT2D eigenvalue weighted by molar-refractivity contribution is -0.141. The van der Waals surface area contributed by atoms with Crippen LogP contribution in [0, 0.1) is 5.92 Å². The number of carbonyl (C=O) groups excluding carboxylic acids is 5. The van der Waals surface area contributed by atoms with Crippen molar-refractivity contribution < 1.29 is 41.9 Å². The number of rotatable bonds is 7. The van der Waals surface area contributed by atoms with Crippen LogP contribution in [-0.2, 0) is 40.3 Å². The fourth-order valence-corrected chi connectivity index (χ4v) is 10.3. The van der Waals surface area contributed by atoms with E-state index in [0.717, 1.165) is 44.3 Å². The lowest BCUT2D eigenvalue weighted by Crippen LogP contribution is -2.58. The van der Waals surface area contributed by atoms with Crippen LogP contribution in [0.5, 0.6) is 0 Å². The topological polar surface area (TPSA) is 184 Å². The van der Waals surface area contributed by atoms with Gasteiger partial charge in [0, 0.05) is 25.4 Å². The first-order valence-corrected chi connectivity index (χ1v) is 22.8. The lowest BCUT2D eigenvalue weighted by Gasteiger charge is -2.40. The predicted octanol–water partition coefficient (Wildman–Crippen LogP) is 4.07. The summed E-state index contributed by atoms with van der Waals surface area (Å²) in [6, 6.07) is 5.71. The second-order valence-electron chi connectivity index (χ2n) is 18.0. The number of nitrogens with one attached hydrogen (secondary N) is 3. The van der Waals surface area contributed by atoms with Crippen LogP contribution in [0.2, 0.25) is 0 Å². The van der Waals surface area contributed by atoms with Gasteiger partial charge in [-0.1, -0.05) is 55.7 Å². The molecule has 5 amide bonds. The molecular formula is C42H60N6O9S. The van der Waals surface area contributed by atoms with E-state index in [1.165, 1.54) is 16.9 Å². The van der Waals surface area contributed by atoms with Gasteiger partial charge in [-0.15, -0.1) is 0 Å². The van der Waals surface area contributed by atoms with E-state index in [2.05, 4.69) is 32.4 Å². The van der Waals surface area contributed by atoms with Crippen molar-refractivity contribution in [1.29, 1.82) is 0 Å². The van der Waals surface area contributed by atoms with Gasteiger partial charge < -0.3 is 29.9 Å². The predicted molar refractivity (Wildman–Crippen MR) is 215 cm³/mol. The molecule has 6 atom stereocenters. The van der Waals surface area contributed by atoms with Crippen molar-refractivity contribution in [1.82, 2.24) is 30.1 Å². The van der Waals surface area contributed by atoms with Crippen LogP contribution >= 0.6 is 0 Å². The number of benzene rings is 1. The average Bonchev–Trinajstić information content (AvgIpc) is 4.10. The molecule has 6 aliphatic rings. The molecule has 0 bridgehead atoms. The Morgan fingerprint density at radius 2 is 1.71 bits per heavy atom. The molecule has 0 radical (unpaired) electrons. The summed E-state index contributed by atoms with van der Waals surface area (Å²) in [5.74, 6) is -2.45. The molecule has 0 aromatic heterocycles. The number of nitrogens with zero attached hydrogens (tertiary/aromatic N) is 3. The number of alkyl carbamates (subject to hydrolysis) is 1. The molecule has 0 spiro atoms. The van der Waals surface area contributed by atoms with Crippen LogP contribution in [0.15, 0.2) is 36.4 Å². The van der Waals surface area contributed by atoms with Crippen molar-refractivity contribution in [2.45, 2.75) is 145 Å². The number of fused-ring (bicyclic) bond motifs is 3. The Morgan fingerprint density at radius 1 is 0.966 bits per heavy atom. The van der Waals surface area contributed by atoms with Crippen molar-refractivity contribution in [2.24, 2.45) is 5.92 Å². The summed E-state index contributed by atoms with van der Waals surface area (Å²) in [5.41, 5.74) is -0.0718. The number of piperidine rings is 1. The third kappa shape index (κ3) is 9.81. The van der Waals surface area contributed by atoms with Gasteiger partial charge in [-0.3, -0.25) is 24.0 Å². The van der Waals surface area contributed by atoms with E-state index in [1.807, 2.05) is 24.3 Å². The molecular weight excluding hydrogens is 765 g/mol. The maximum atomic E-state index is 14.6. The van der Waals surface area contributed by atoms with Crippen LogP contribution in [0.1, 0.15) is 115 Å². The molecule has 3 N–H and O–H groups in total. The standard InChI is InChI=1S/C42H60N6O9S/c1-41(2,3)57-39(52)43-33-17-9-6-4-5-8-15-29-25-42(29,38(51)45-58(54,55)31-18-19-31)44-36(49)34-24-30(26-48(34)37(33)50)56-40(53)47-23-20-28-14-10-11-16-32(28)35(47)27-46-21-12-7-13-22-46/h8,10-11,14-16,29-31,33-35H,4-7,9,12-13,17-27H2,1-3H3,(H,43,52)(H,44,49)(H,45,51)/b15-8+/t29-,30-,33+,34?,35-,42-/m1/s1. The molecule has 58 heavy (non-hydrogen) atoms. The minimum absolute atomic E-state index is 0.0533. The molecule has 15 nitrogen and oxygen atoms in total. The molecule has 4 heterocycles. The third-order valence-electron chi connectivity index (χ3n) is 12.3. The second-order valence-corrected chi connectivity index (χ2v) is 19.9. The Kier molecular flexibility index (Phi) is 12.4. The maximum Gasteiger partial charge on any atom is 0.410 e. The average molecular weight is 825 g/mol. The van der Waals surface area contributed by atoms with Crippen molar-refractivity contribution >= 4 is 39.9 Å². The van der Waals surface area contributed by atoms with Gasteiger partial charge in [0.2, 0.25) is 21.8 Å². The number of sulfonamides is 1. The fourth-order valence-electron chi connectivity index (χ4n) is 8.96. The monoisotopic (exact) mass is 824 g/mol. The first-order valence-electron chi connectivity index (χ1n) is 21.3. The summed E-state index contributed by atoms with van der Waals surface area (Å²) in [5, 5.41) is 4.97. The summed E-state index contributed by atoms with van der Waals surface area (Å²) in [7, 11) is -3.91. The molecule has 4 fully saturated rings. The Hall–Kier alpha value is -4.18. The summed E-state index contributed by atoms with van der Waals surface area (Å²) >= 11 is 0. The SMILES string of the molecule is CC(C)(C)OC(=O)N[C@H]1CCCCC/C=C/[C@@H]2C[C@@]2(C(=O)NS(=O)(=O)C2CC2)NC(=O)C2C[C@@H](OC(=O)N3CCc4ccccc4[C@H]3CN3CCCCC3)CN2C1=O. The summed E-state index contributed by atoms with van der Waals surface area (Å²) in [6.07, 6.45) is 9.85. The minimum atomic E-state index is -3.91. The molecule has 7 rings (SSSR count).